The van der Waals surface area contributed by atoms with Gasteiger partial charge in [-0.25, -0.2) is 11.1 Å². The van der Waals surface area contributed by atoms with E-state index in [1.54, 1.807) is 0 Å². The van der Waals surface area contributed by atoms with Crippen molar-refractivity contribution in [3.63, 3.8) is 0 Å². The number of hydrogen-bond donors (Lipinski definition) is 0. The summed E-state index contributed by atoms with van der Waals surface area (Å²) in [6.45, 7) is 25.4. The number of hydrogen-bond acceptors (Lipinski definition) is 0. The molecule has 0 aromatic heterocycles. The van der Waals surface area contributed by atoms with Crippen LogP contribution in [0.1, 0.15) is 93.9 Å². The van der Waals surface area contributed by atoms with Crippen molar-refractivity contribution >= 4 is 0 Å². The van der Waals surface area contributed by atoms with Crippen LogP contribution in [0.25, 0.3) is 0 Å². The predicted octanol–water partition coefficient (Wildman–Crippen LogP) is 8.89. The van der Waals surface area contributed by atoms with E-state index in [0.717, 1.165) is 25.7 Å². The van der Waals surface area contributed by atoms with E-state index in [0.29, 0.717) is 0 Å². The van der Waals surface area contributed by atoms with Crippen LogP contribution in [0.4, 0.5) is 0 Å². The number of rotatable bonds is 8. The predicted molar refractivity (Wildman–Crippen MR) is 126 cm³/mol. The van der Waals surface area contributed by atoms with Crippen LogP contribution in [0.15, 0.2) is 58.7 Å². The van der Waals surface area contributed by atoms with Crippen LogP contribution in [0, 0.1) is 23.0 Å². The van der Waals surface area contributed by atoms with Gasteiger partial charge in [0.2, 0.25) is 0 Å². The van der Waals surface area contributed by atoms with Crippen molar-refractivity contribution in [3.05, 3.63) is 70.9 Å². The monoisotopic (exact) mass is 434 g/mol. The van der Waals surface area contributed by atoms with Crippen molar-refractivity contribution in [3.8, 4) is 0 Å². The van der Waals surface area contributed by atoms with Crippen molar-refractivity contribution in [2.75, 3.05) is 0 Å². The first kappa shape index (κ1) is 28.0. The summed E-state index contributed by atoms with van der Waals surface area (Å²) in [5, 5.41) is 0. The molecule has 0 spiro atoms. The maximum atomic E-state index is 3.75. The zero-order valence-electron chi connectivity index (χ0n) is 20.2. The first-order chi connectivity index (χ1) is 13.0. The molecule has 162 valence electrons. The van der Waals surface area contributed by atoms with Gasteiger partial charge in [0.1, 0.15) is 0 Å². The molecule has 29 heavy (non-hydrogen) atoms. The van der Waals surface area contributed by atoms with Gasteiger partial charge in [-0.15, -0.1) is 27.0 Å². The molecule has 0 bridgehead atoms. The molecule has 0 aromatic rings. The molecule has 0 aliphatic heterocycles. The molecule has 0 unspecified atom stereocenters. The molecule has 0 aromatic carbocycles. The second-order valence-corrected chi connectivity index (χ2v) is 9.32. The van der Waals surface area contributed by atoms with Crippen LogP contribution >= 0.6 is 0 Å². The van der Waals surface area contributed by atoms with Gasteiger partial charge < -0.3 is 0 Å². The third-order valence-electron chi connectivity index (χ3n) is 6.50. The minimum Gasteiger partial charge on any atom is -0.263 e. The molecule has 1 heteroatoms. The molecule has 0 N–H and O–H groups in total. The Bertz CT molecular complexity index is 643. The molecular formula is C28H42Fe. The molecular weight excluding hydrogens is 392 g/mol. The minimum atomic E-state index is 0. The van der Waals surface area contributed by atoms with Crippen LogP contribution in [-0.4, -0.2) is 0 Å². The molecule has 0 amide bonds. The van der Waals surface area contributed by atoms with E-state index in [2.05, 4.69) is 80.7 Å². The Balaban J connectivity index is 0.000000523. The average molecular weight is 434 g/mol. The van der Waals surface area contributed by atoms with Gasteiger partial charge in [0.05, 0.1) is 0 Å². The Hall–Kier alpha value is -1.04. The summed E-state index contributed by atoms with van der Waals surface area (Å²) in [4.78, 5) is 0. The number of unbranched alkanes of at least 4 members (excludes halogenated alkanes) is 2. The fourth-order valence-electron chi connectivity index (χ4n) is 3.87. The zero-order valence-corrected chi connectivity index (χ0v) is 21.3. The summed E-state index contributed by atoms with van der Waals surface area (Å²) in [5.41, 5.74) is 9.04. The maximum Gasteiger partial charge on any atom is 2.00 e. The van der Waals surface area contributed by atoms with Gasteiger partial charge in [-0.1, -0.05) is 77.4 Å². The summed E-state index contributed by atoms with van der Waals surface area (Å²) in [5.74, 6) is 0. The largest absolute Gasteiger partial charge is 2.00 e. The molecule has 0 nitrogen and oxygen atoms in total. The van der Waals surface area contributed by atoms with Gasteiger partial charge in [0.25, 0.3) is 0 Å². The van der Waals surface area contributed by atoms with E-state index in [1.807, 2.05) is 12.2 Å². The fraction of sp³-hybridized carbons (Fsp3) is 0.571. The van der Waals surface area contributed by atoms with E-state index in [1.165, 1.54) is 46.3 Å². The van der Waals surface area contributed by atoms with Crippen molar-refractivity contribution < 1.29 is 17.1 Å². The van der Waals surface area contributed by atoms with E-state index < -0.39 is 0 Å². The molecule has 0 atom stereocenters. The second-order valence-electron chi connectivity index (χ2n) is 9.32. The molecule has 2 rings (SSSR count). The minimum absolute atomic E-state index is 0. The van der Waals surface area contributed by atoms with Gasteiger partial charge in [-0.2, -0.15) is 22.3 Å². The van der Waals surface area contributed by atoms with Crippen LogP contribution in [-0.2, 0) is 17.1 Å². The maximum absolute atomic E-state index is 3.75. The fourth-order valence-corrected chi connectivity index (χ4v) is 3.87. The summed E-state index contributed by atoms with van der Waals surface area (Å²) in [7, 11) is 0. The third kappa shape index (κ3) is 7.62. The second kappa shape index (κ2) is 12.0. The van der Waals surface area contributed by atoms with Gasteiger partial charge in [0.15, 0.2) is 0 Å². The Morgan fingerprint density at radius 1 is 0.690 bits per heavy atom. The quantitative estimate of drug-likeness (QED) is 0.155. The Kier molecular flexibility index (Phi) is 11.5. The summed E-state index contributed by atoms with van der Waals surface area (Å²) in [6, 6.07) is 0. The molecule has 2 aliphatic carbocycles. The van der Waals surface area contributed by atoms with Gasteiger partial charge in [-0.05, 0) is 25.7 Å². The van der Waals surface area contributed by atoms with Crippen molar-refractivity contribution in [2.45, 2.75) is 93.9 Å². The SMILES string of the molecule is C=CCCCC1=[C-]C(C)(C)C(C)=C1C.C=CCCCC1=[C-]C(C)(C)C(C)=C1C.[Fe+2]. The molecule has 0 saturated heterocycles. The van der Waals surface area contributed by atoms with Crippen LogP contribution < -0.4 is 0 Å². The number of allylic oxidation sites excluding steroid dienone is 10. The summed E-state index contributed by atoms with van der Waals surface area (Å²) >= 11 is 0. The van der Waals surface area contributed by atoms with Crippen molar-refractivity contribution in [2.24, 2.45) is 10.8 Å². The molecule has 2 aliphatic rings. The van der Waals surface area contributed by atoms with Gasteiger partial charge in [0, 0.05) is 0 Å². The standard InChI is InChI=1S/2C14H21.Fe/c2*1-6-7-8-9-13-10-14(4,5)12(3)11(13)2;/h2*6H,1,7-9H2,2-5H3;/q2*-1;+2. The van der Waals surface area contributed by atoms with E-state index in [-0.39, 0.29) is 27.9 Å². The van der Waals surface area contributed by atoms with Crippen molar-refractivity contribution in [1.82, 2.24) is 0 Å². The zero-order chi connectivity index (χ0) is 21.5. The average Bonchev–Trinajstić information content (AvgIpc) is 2.95. The molecule has 0 radical (unpaired) electrons. The topological polar surface area (TPSA) is 0 Å². The summed E-state index contributed by atoms with van der Waals surface area (Å²) < 4.78 is 0. The third-order valence-corrected chi connectivity index (χ3v) is 6.50. The van der Waals surface area contributed by atoms with Crippen molar-refractivity contribution in [1.29, 1.82) is 0 Å². The molecule has 0 fully saturated rings. The Morgan fingerprint density at radius 2 is 1.00 bits per heavy atom. The first-order valence-electron chi connectivity index (χ1n) is 10.8. The van der Waals surface area contributed by atoms with E-state index >= 15 is 0 Å². The smallest absolute Gasteiger partial charge is 0.263 e. The molecule has 0 heterocycles. The van der Waals surface area contributed by atoms with Crippen LogP contribution in [0.5, 0.6) is 0 Å². The normalized spacial score (nSPS) is 19.2. The summed E-state index contributed by atoms with van der Waals surface area (Å²) in [6.07, 6.45) is 18.1. The Labute approximate surface area is 192 Å². The van der Waals surface area contributed by atoms with Gasteiger partial charge >= 0.3 is 17.1 Å². The molecule has 0 saturated carbocycles. The van der Waals surface area contributed by atoms with Crippen LogP contribution in [0.3, 0.4) is 0 Å². The van der Waals surface area contributed by atoms with Gasteiger partial charge in [-0.3, -0.25) is 12.2 Å². The van der Waals surface area contributed by atoms with Crippen LogP contribution in [0.2, 0.25) is 0 Å². The van der Waals surface area contributed by atoms with E-state index in [9.17, 15) is 0 Å². The Morgan fingerprint density at radius 3 is 1.21 bits per heavy atom. The first-order valence-corrected chi connectivity index (χ1v) is 10.8. The van der Waals surface area contributed by atoms with E-state index in [4.69, 9.17) is 0 Å².